The van der Waals surface area contributed by atoms with E-state index in [1.54, 1.807) is 0 Å². The first-order valence-electron chi connectivity index (χ1n) is 5.81. The van der Waals surface area contributed by atoms with Crippen molar-refractivity contribution in [2.75, 3.05) is 7.05 Å². The number of ether oxygens (including phenoxy) is 1. The van der Waals surface area contributed by atoms with Crippen molar-refractivity contribution >= 4 is 11.6 Å². The maximum Gasteiger partial charge on any atom is 0.311 e. The maximum absolute atomic E-state index is 13.2. The number of rotatable bonds is 4. The minimum atomic E-state index is -0.685. The number of carbonyl (C=O) groups excluding carboxylic acids is 1. The van der Waals surface area contributed by atoms with Gasteiger partial charge in [-0.3, -0.25) is 19.9 Å². The van der Waals surface area contributed by atoms with Crippen molar-refractivity contribution in [2.45, 2.75) is 0 Å². The fraction of sp³-hybridized carbons (Fsp3) is 0.0769. The lowest BCUT2D eigenvalue weighted by atomic mass is 10.3. The van der Waals surface area contributed by atoms with Gasteiger partial charge in [0.05, 0.1) is 4.92 Å². The van der Waals surface area contributed by atoms with Crippen LogP contribution in [-0.4, -0.2) is 22.9 Å². The van der Waals surface area contributed by atoms with Crippen LogP contribution in [-0.2, 0) is 0 Å². The second kappa shape index (κ2) is 5.95. The Balaban J connectivity index is 2.36. The molecule has 0 radical (unpaired) electrons. The summed E-state index contributed by atoms with van der Waals surface area (Å²) < 4.78 is 18.5. The summed E-state index contributed by atoms with van der Waals surface area (Å²) in [5.74, 6) is -1.23. The van der Waals surface area contributed by atoms with Crippen molar-refractivity contribution in [3.63, 3.8) is 0 Å². The van der Waals surface area contributed by atoms with Crippen LogP contribution in [0.25, 0.3) is 0 Å². The Morgan fingerprint density at radius 3 is 2.81 bits per heavy atom. The highest BCUT2D eigenvalue weighted by molar-refractivity contribution is 5.92. The van der Waals surface area contributed by atoms with E-state index < -0.39 is 16.6 Å². The molecule has 1 aromatic carbocycles. The smallest absolute Gasteiger partial charge is 0.311 e. The van der Waals surface area contributed by atoms with Crippen molar-refractivity contribution in [3.8, 4) is 11.5 Å². The first-order valence-corrected chi connectivity index (χ1v) is 5.81. The van der Waals surface area contributed by atoms with Gasteiger partial charge in [0.2, 0.25) is 5.75 Å². The van der Waals surface area contributed by atoms with Crippen molar-refractivity contribution < 1.29 is 18.8 Å². The zero-order valence-electron chi connectivity index (χ0n) is 10.9. The summed E-state index contributed by atoms with van der Waals surface area (Å²) >= 11 is 0. The van der Waals surface area contributed by atoms with Gasteiger partial charge in [0.1, 0.15) is 17.3 Å². The van der Waals surface area contributed by atoms with Crippen LogP contribution in [0.15, 0.2) is 36.5 Å². The Morgan fingerprint density at radius 1 is 1.38 bits per heavy atom. The minimum Gasteiger partial charge on any atom is -0.450 e. The molecule has 0 spiro atoms. The summed E-state index contributed by atoms with van der Waals surface area (Å²) in [6.45, 7) is 0. The molecule has 0 unspecified atom stereocenters. The van der Waals surface area contributed by atoms with E-state index in [1.807, 2.05) is 0 Å². The molecule has 2 aromatic rings. The Morgan fingerprint density at radius 2 is 2.14 bits per heavy atom. The third kappa shape index (κ3) is 3.30. The summed E-state index contributed by atoms with van der Waals surface area (Å²) in [6, 6.07) is 5.58. The van der Waals surface area contributed by atoms with Crippen LogP contribution in [0.2, 0.25) is 0 Å². The molecule has 108 valence electrons. The van der Waals surface area contributed by atoms with Crippen LogP contribution < -0.4 is 10.1 Å². The molecule has 0 saturated heterocycles. The SMILES string of the molecule is CNC(=O)c1cc(Oc2cc(F)ccc2[N+](=O)[O-])ccn1. The first kappa shape index (κ1) is 14.4. The highest BCUT2D eigenvalue weighted by Gasteiger charge is 2.17. The molecule has 0 saturated carbocycles. The fourth-order valence-electron chi connectivity index (χ4n) is 1.57. The van der Waals surface area contributed by atoms with Crippen LogP contribution in [0.1, 0.15) is 10.5 Å². The number of hydrogen-bond donors (Lipinski definition) is 1. The molecule has 1 N–H and O–H groups in total. The summed E-state index contributed by atoms with van der Waals surface area (Å²) in [5.41, 5.74) is -0.302. The number of nitrogens with one attached hydrogen (secondary N) is 1. The van der Waals surface area contributed by atoms with Gasteiger partial charge in [-0.1, -0.05) is 0 Å². The van der Waals surface area contributed by atoms with E-state index in [0.717, 1.165) is 18.2 Å². The Kier molecular flexibility index (Phi) is 4.07. The zero-order chi connectivity index (χ0) is 15.4. The molecule has 0 aliphatic carbocycles. The largest absolute Gasteiger partial charge is 0.450 e. The van der Waals surface area contributed by atoms with Crippen LogP contribution in [0.3, 0.4) is 0 Å². The number of halogens is 1. The normalized spacial score (nSPS) is 10.0. The molecule has 8 heteroatoms. The number of nitro benzene ring substituents is 1. The van der Waals surface area contributed by atoms with Crippen molar-refractivity contribution in [1.82, 2.24) is 10.3 Å². The summed E-state index contributed by atoms with van der Waals surface area (Å²) in [7, 11) is 1.44. The van der Waals surface area contributed by atoms with E-state index in [4.69, 9.17) is 4.74 Å². The minimum absolute atomic E-state index is 0.0778. The van der Waals surface area contributed by atoms with E-state index >= 15 is 0 Å². The average molecular weight is 291 g/mol. The molecule has 1 amide bonds. The first-order chi connectivity index (χ1) is 10.0. The lowest BCUT2D eigenvalue weighted by Gasteiger charge is -2.07. The van der Waals surface area contributed by atoms with E-state index in [2.05, 4.69) is 10.3 Å². The van der Waals surface area contributed by atoms with Gasteiger partial charge in [-0.15, -0.1) is 0 Å². The van der Waals surface area contributed by atoms with Gasteiger partial charge in [-0.2, -0.15) is 0 Å². The molecule has 2 rings (SSSR count). The van der Waals surface area contributed by atoms with Gasteiger partial charge in [-0.05, 0) is 12.1 Å². The number of nitro groups is 1. The topological polar surface area (TPSA) is 94.4 Å². The molecule has 1 aromatic heterocycles. The van der Waals surface area contributed by atoms with Gasteiger partial charge < -0.3 is 10.1 Å². The molecule has 0 aliphatic rings. The van der Waals surface area contributed by atoms with Gasteiger partial charge in [0.15, 0.2) is 0 Å². The van der Waals surface area contributed by atoms with Gasteiger partial charge in [-0.25, -0.2) is 4.39 Å². The van der Waals surface area contributed by atoms with Crippen molar-refractivity contribution in [1.29, 1.82) is 0 Å². The summed E-state index contributed by atoms with van der Waals surface area (Å²) in [4.78, 5) is 25.5. The quantitative estimate of drug-likeness (QED) is 0.688. The van der Waals surface area contributed by atoms with Crippen LogP contribution in [0, 0.1) is 15.9 Å². The average Bonchev–Trinajstić information content (AvgIpc) is 2.46. The highest BCUT2D eigenvalue weighted by Crippen LogP contribution is 2.31. The molecule has 21 heavy (non-hydrogen) atoms. The Labute approximate surface area is 118 Å². The molecular formula is C13H10FN3O4. The van der Waals surface area contributed by atoms with Gasteiger partial charge >= 0.3 is 5.69 Å². The third-order valence-corrected chi connectivity index (χ3v) is 2.54. The van der Waals surface area contributed by atoms with E-state index in [0.29, 0.717) is 0 Å². The number of pyridine rings is 1. The summed E-state index contributed by atoms with van der Waals surface area (Å²) in [6.07, 6.45) is 1.31. The monoisotopic (exact) mass is 291 g/mol. The second-order valence-electron chi connectivity index (χ2n) is 3.93. The predicted molar refractivity (Wildman–Crippen MR) is 70.8 cm³/mol. The number of benzene rings is 1. The number of amides is 1. The Bertz CT molecular complexity index is 706. The second-order valence-corrected chi connectivity index (χ2v) is 3.93. The standard InChI is InChI=1S/C13H10FN3O4/c1-15-13(18)10-7-9(4-5-16-10)21-12-6-8(14)2-3-11(12)17(19)20/h2-7H,1H3,(H,15,18). The molecule has 0 bridgehead atoms. The van der Waals surface area contributed by atoms with E-state index in [-0.39, 0.29) is 22.9 Å². The van der Waals surface area contributed by atoms with Crippen LogP contribution in [0.5, 0.6) is 11.5 Å². The molecule has 0 atom stereocenters. The third-order valence-electron chi connectivity index (χ3n) is 2.54. The van der Waals surface area contributed by atoms with E-state index in [1.165, 1.54) is 25.4 Å². The Hall–Kier alpha value is -3.03. The lowest BCUT2D eigenvalue weighted by molar-refractivity contribution is -0.385. The highest BCUT2D eigenvalue weighted by atomic mass is 19.1. The van der Waals surface area contributed by atoms with Crippen molar-refractivity contribution in [2.24, 2.45) is 0 Å². The maximum atomic E-state index is 13.2. The number of aromatic nitrogens is 1. The molecule has 7 nitrogen and oxygen atoms in total. The molecular weight excluding hydrogens is 281 g/mol. The molecule has 0 aliphatic heterocycles. The van der Waals surface area contributed by atoms with Gasteiger partial charge in [0, 0.05) is 31.4 Å². The number of carbonyl (C=O) groups is 1. The lowest BCUT2D eigenvalue weighted by Crippen LogP contribution is -2.18. The van der Waals surface area contributed by atoms with Crippen molar-refractivity contribution in [3.05, 3.63) is 58.2 Å². The fourth-order valence-corrected chi connectivity index (χ4v) is 1.57. The zero-order valence-corrected chi connectivity index (χ0v) is 10.9. The molecule has 0 fully saturated rings. The van der Waals surface area contributed by atoms with Crippen LogP contribution in [0.4, 0.5) is 10.1 Å². The predicted octanol–water partition coefficient (Wildman–Crippen LogP) is 2.28. The van der Waals surface area contributed by atoms with E-state index in [9.17, 15) is 19.3 Å². The molecule has 1 heterocycles. The van der Waals surface area contributed by atoms with Crippen LogP contribution >= 0.6 is 0 Å². The number of hydrogen-bond acceptors (Lipinski definition) is 5. The number of nitrogens with zero attached hydrogens (tertiary/aromatic N) is 2. The van der Waals surface area contributed by atoms with Gasteiger partial charge in [0.25, 0.3) is 5.91 Å². The summed E-state index contributed by atoms with van der Waals surface area (Å²) in [5, 5.41) is 13.3.